The van der Waals surface area contributed by atoms with Crippen molar-refractivity contribution in [2.75, 3.05) is 12.9 Å². The number of nitrogens with one attached hydrogen (secondary N) is 1. The number of thioether (sulfide) groups is 1. The van der Waals surface area contributed by atoms with Gasteiger partial charge >= 0.3 is 0 Å². The zero-order chi connectivity index (χ0) is 21.6. The third kappa shape index (κ3) is 5.18. The van der Waals surface area contributed by atoms with E-state index in [1.165, 1.54) is 11.8 Å². The van der Waals surface area contributed by atoms with E-state index in [-0.39, 0.29) is 17.7 Å². The number of carbonyl (C=O) groups is 1. The minimum atomic E-state index is -0.0543. The summed E-state index contributed by atoms with van der Waals surface area (Å²) >= 11 is 2.98. The summed E-state index contributed by atoms with van der Waals surface area (Å²) in [4.78, 5) is 13.6. The number of rotatable bonds is 9. The van der Waals surface area contributed by atoms with E-state index >= 15 is 0 Å². The van der Waals surface area contributed by atoms with Crippen molar-refractivity contribution in [3.8, 4) is 17.1 Å². The predicted molar refractivity (Wildman–Crippen MR) is 121 cm³/mol. The largest absolute Gasteiger partial charge is 0.497 e. The molecule has 160 valence electrons. The molecule has 1 amide bonds. The average molecular weight is 455 g/mol. The molecule has 0 fully saturated rings. The first-order valence-corrected chi connectivity index (χ1v) is 11.6. The number of hydrogen-bond donors (Lipinski definition) is 1. The van der Waals surface area contributed by atoms with Gasteiger partial charge in [-0.25, -0.2) is 0 Å². The summed E-state index contributed by atoms with van der Waals surface area (Å²) in [6.07, 6.45) is 1.64. The Labute approximate surface area is 188 Å². The summed E-state index contributed by atoms with van der Waals surface area (Å²) in [6, 6.07) is 15.4. The van der Waals surface area contributed by atoms with Gasteiger partial charge in [-0.15, -0.1) is 21.5 Å². The van der Waals surface area contributed by atoms with E-state index in [4.69, 9.17) is 9.15 Å². The number of methoxy groups -OCH3 is 1. The van der Waals surface area contributed by atoms with Crippen molar-refractivity contribution in [2.24, 2.45) is 0 Å². The van der Waals surface area contributed by atoms with Gasteiger partial charge in [0.15, 0.2) is 11.0 Å². The molecule has 1 atom stereocenters. The molecule has 0 saturated heterocycles. The first-order chi connectivity index (χ1) is 15.1. The van der Waals surface area contributed by atoms with Gasteiger partial charge < -0.3 is 14.5 Å². The molecule has 3 aromatic heterocycles. The van der Waals surface area contributed by atoms with Crippen LogP contribution in [0, 0.1) is 0 Å². The summed E-state index contributed by atoms with van der Waals surface area (Å²) in [7, 11) is 1.63. The second-order valence-corrected chi connectivity index (χ2v) is 8.72. The molecular formula is C22H22N4O3S2. The highest BCUT2D eigenvalue weighted by Crippen LogP contribution is 2.28. The zero-order valence-corrected chi connectivity index (χ0v) is 18.8. The van der Waals surface area contributed by atoms with Crippen LogP contribution in [-0.4, -0.2) is 33.5 Å². The number of nitrogens with zero attached hydrogens (tertiary/aromatic N) is 3. The summed E-state index contributed by atoms with van der Waals surface area (Å²) in [6.45, 7) is 2.44. The van der Waals surface area contributed by atoms with Gasteiger partial charge in [-0.3, -0.25) is 9.36 Å². The molecule has 0 aliphatic heterocycles. The Morgan fingerprint density at radius 3 is 2.90 bits per heavy atom. The lowest BCUT2D eigenvalue weighted by molar-refractivity contribution is -0.119. The first-order valence-electron chi connectivity index (χ1n) is 9.69. The quantitative estimate of drug-likeness (QED) is 0.372. The molecule has 0 aliphatic rings. The fourth-order valence-corrected chi connectivity index (χ4v) is 4.58. The Hall–Kier alpha value is -3.04. The SMILES string of the molecule is COc1cccc(-c2nnc(SCC(=O)N[C@H](C)c3cccs3)n2Cc2ccco2)c1. The van der Waals surface area contributed by atoms with Crippen molar-refractivity contribution >= 4 is 29.0 Å². The van der Waals surface area contributed by atoms with Crippen molar-refractivity contribution in [1.29, 1.82) is 0 Å². The van der Waals surface area contributed by atoms with Gasteiger partial charge in [0.05, 0.1) is 31.7 Å². The maximum Gasteiger partial charge on any atom is 0.230 e. The fourth-order valence-electron chi connectivity index (χ4n) is 3.09. The number of hydrogen-bond acceptors (Lipinski definition) is 7. The third-order valence-corrected chi connectivity index (χ3v) is 6.64. The minimum absolute atomic E-state index is 0.0265. The van der Waals surface area contributed by atoms with E-state index in [1.54, 1.807) is 24.7 Å². The summed E-state index contributed by atoms with van der Waals surface area (Å²) in [5, 5.41) is 14.4. The van der Waals surface area contributed by atoms with Crippen molar-refractivity contribution in [2.45, 2.75) is 24.7 Å². The number of aromatic nitrogens is 3. The topological polar surface area (TPSA) is 82.2 Å². The Morgan fingerprint density at radius 1 is 1.26 bits per heavy atom. The highest BCUT2D eigenvalue weighted by atomic mass is 32.2. The van der Waals surface area contributed by atoms with Crippen LogP contribution < -0.4 is 10.1 Å². The van der Waals surface area contributed by atoms with Crippen LogP contribution >= 0.6 is 23.1 Å². The van der Waals surface area contributed by atoms with Crippen LogP contribution in [0.2, 0.25) is 0 Å². The molecule has 0 aliphatic carbocycles. The van der Waals surface area contributed by atoms with Crippen LogP contribution in [-0.2, 0) is 11.3 Å². The summed E-state index contributed by atoms with van der Waals surface area (Å²) in [5.74, 6) is 2.39. The zero-order valence-electron chi connectivity index (χ0n) is 17.1. The van der Waals surface area contributed by atoms with Crippen LogP contribution in [0.5, 0.6) is 5.75 Å². The maximum atomic E-state index is 12.5. The van der Waals surface area contributed by atoms with E-state index in [2.05, 4.69) is 15.5 Å². The molecule has 0 radical (unpaired) electrons. The van der Waals surface area contributed by atoms with Crippen molar-refractivity contribution in [3.05, 3.63) is 70.8 Å². The van der Waals surface area contributed by atoms with Crippen molar-refractivity contribution in [1.82, 2.24) is 20.1 Å². The smallest absolute Gasteiger partial charge is 0.230 e. The van der Waals surface area contributed by atoms with Gasteiger partial charge in [-0.05, 0) is 42.6 Å². The van der Waals surface area contributed by atoms with Gasteiger partial charge in [0.2, 0.25) is 5.91 Å². The van der Waals surface area contributed by atoms with Crippen molar-refractivity contribution in [3.63, 3.8) is 0 Å². The molecule has 31 heavy (non-hydrogen) atoms. The van der Waals surface area contributed by atoms with E-state index < -0.39 is 0 Å². The highest BCUT2D eigenvalue weighted by Gasteiger charge is 2.18. The van der Waals surface area contributed by atoms with Gasteiger partial charge in [0.1, 0.15) is 11.5 Å². The number of benzene rings is 1. The lowest BCUT2D eigenvalue weighted by Crippen LogP contribution is -2.27. The standard InChI is InChI=1S/C22H22N4O3S2/c1-15(19-9-5-11-30-19)23-20(27)14-31-22-25-24-21(16-6-3-7-17(12-16)28-2)26(22)13-18-8-4-10-29-18/h3-12,15H,13-14H2,1-2H3,(H,23,27)/t15-/m1/s1. The number of amides is 1. The fraction of sp³-hybridized carbons (Fsp3) is 0.227. The third-order valence-electron chi connectivity index (χ3n) is 4.62. The van der Waals surface area contributed by atoms with Gasteiger partial charge in [-0.1, -0.05) is 30.0 Å². The second kappa shape index (κ2) is 9.84. The number of carbonyl (C=O) groups excluding carboxylic acids is 1. The van der Waals surface area contributed by atoms with Crippen LogP contribution in [0.4, 0.5) is 0 Å². The van der Waals surface area contributed by atoms with Crippen LogP contribution in [0.15, 0.2) is 69.7 Å². The van der Waals surface area contributed by atoms with Gasteiger partial charge in [-0.2, -0.15) is 0 Å². The molecule has 0 spiro atoms. The molecule has 0 bridgehead atoms. The average Bonchev–Trinajstić information content (AvgIpc) is 3.55. The van der Waals surface area contributed by atoms with E-state index in [0.29, 0.717) is 17.5 Å². The number of thiophene rings is 1. The Morgan fingerprint density at radius 2 is 2.16 bits per heavy atom. The minimum Gasteiger partial charge on any atom is -0.497 e. The molecular weight excluding hydrogens is 432 g/mol. The molecule has 4 aromatic rings. The molecule has 0 unspecified atom stereocenters. The lowest BCUT2D eigenvalue weighted by atomic mass is 10.2. The molecule has 1 N–H and O–H groups in total. The highest BCUT2D eigenvalue weighted by molar-refractivity contribution is 7.99. The Bertz CT molecular complexity index is 1120. The van der Waals surface area contributed by atoms with E-state index in [0.717, 1.165) is 22.0 Å². The van der Waals surface area contributed by atoms with Crippen LogP contribution in [0.25, 0.3) is 11.4 Å². The summed E-state index contributed by atoms with van der Waals surface area (Å²) in [5.41, 5.74) is 0.876. The first kappa shape index (κ1) is 21.2. The predicted octanol–water partition coefficient (Wildman–Crippen LogP) is 4.63. The van der Waals surface area contributed by atoms with Gasteiger partial charge in [0.25, 0.3) is 0 Å². The molecule has 7 nitrogen and oxygen atoms in total. The Balaban J connectivity index is 1.52. The lowest BCUT2D eigenvalue weighted by Gasteiger charge is -2.12. The Kier molecular flexibility index (Phi) is 6.73. The van der Waals surface area contributed by atoms with E-state index in [9.17, 15) is 4.79 Å². The monoisotopic (exact) mass is 454 g/mol. The molecule has 4 rings (SSSR count). The summed E-state index contributed by atoms with van der Waals surface area (Å²) < 4.78 is 12.8. The molecule has 1 aromatic carbocycles. The van der Waals surface area contributed by atoms with Crippen LogP contribution in [0.3, 0.4) is 0 Å². The molecule has 9 heteroatoms. The molecule has 0 saturated carbocycles. The normalized spacial score (nSPS) is 11.9. The van der Waals surface area contributed by atoms with Crippen LogP contribution in [0.1, 0.15) is 23.6 Å². The maximum absolute atomic E-state index is 12.5. The molecule has 3 heterocycles. The van der Waals surface area contributed by atoms with E-state index in [1.807, 2.05) is 65.4 Å². The van der Waals surface area contributed by atoms with Gasteiger partial charge in [0, 0.05) is 10.4 Å². The number of furan rings is 1. The second-order valence-electron chi connectivity index (χ2n) is 6.80. The number of ether oxygens (including phenoxy) is 1. The van der Waals surface area contributed by atoms with Crippen molar-refractivity contribution < 1.29 is 13.9 Å².